The van der Waals surface area contributed by atoms with Crippen molar-refractivity contribution in [2.24, 2.45) is 5.41 Å². The fraction of sp³-hybridized carbons (Fsp3) is 0.639. The van der Waals surface area contributed by atoms with Crippen molar-refractivity contribution >= 4 is 5.97 Å². The zero-order chi connectivity index (χ0) is 31.5. The van der Waals surface area contributed by atoms with E-state index in [2.05, 4.69) is 74.0 Å². The van der Waals surface area contributed by atoms with Gasteiger partial charge in [-0.05, 0) is 94.6 Å². The van der Waals surface area contributed by atoms with Gasteiger partial charge in [0.05, 0.1) is 12.6 Å². The Labute approximate surface area is 270 Å². The highest BCUT2D eigenvalue weighted by molar-refractivity contribution is 5.69. The smallest absolute Gasteiger partial charge is 0.306 e. The van der Waals surface area contributed by atoms with Crippen LogP contribution in [0.4, 0.5) is 0 Å². The first kappa shape index (κ1) is 33.4. The molecule has 2 N–H and O–H groups in total. The Hall–Kier alpha value is -3.01. The largest absolute Gasteiger partial charge is 0.466 e. The summed E-state index contributed by atoms with van der Waals surface area (Å²) in [5, 5.41) is 3.72. The molecule has 1 spiro atoms. The van der Waals surface area contributed by atoms with Crippen molar-refractivity contribution in [2.45, 2.75) is 104 Å². The monoisotopic (exact) mass is 617 g/mol. The van der Waals surface area contributed by atoms with E-state index >= 15 is 0 Å². The summed E-state index contributed by atoms with van der Waals surface area (Å²) >= 11 is 0. The number of benzene rings is 1. The molecule has 1 unspecified atom stereocenters. The summed E-state index contributed by atoms with van der Waals surface area (Å²) in [6.45, 7) is 14.9. The van der Waals surface area contributed by atoms with Crippen LogP contribution in [0.3, 0.4) is 0 Å². The SMILES string of the molecule is CCOC(=O)CCc1cccc(CNC(Cc2nccn2CCCN2CCC3(CCN(C(CC)CC)CC3)C2)c2ncc[nH]2)c1. The lowest BCUT2D eigenvalue weighted by molar-refractivity contribution is -0.143. The van der Waals surface area contributed by atoms with Crippen molar-refractivity contribution in [3.63, 3.8) is 0 Å². The molecule has 2 aromatic heterocycles. The van der Waals surface area contributed by atoms with Crippen LogP contribution in [0.2, 0.25) is 0 Å². The second-order valence-electron chi connectivity index (χ2n) is 13.2. The zero-order valence-corrected chi connectivity index (χ0v) is 27.8. The molecule has 1 aromatic carbocycles. The Bertz CT molecular complexity index is 1290. The van der Waals surface area contributed by atoms with E-state index in [0.717, 1.165) is 49.2 Å². The standard InChI is InChI=1S/C36H55N7O2/c1-4-31(5-2)42-22-14-36(15-23-42)13-21-41(28-36)19-8-20-43-24-18-37-33(43)26-32(35-38-16-17-39-35)40-27-30-10-7-9-29(25-30)11-12-34(44)45-6-3/h7,9-10,16-18,24-25,31-32,40H,4-6,8,11-15,19-23,26-28H2,1-3H3,(H,38,39). The van der Waals surface area contributed by atoms with Gasteiger partial charge in [0.2, 0.25) is 0 Å². The lowest BCUT2D eigenvalue weighted by atomic mass is 9.77. The molecule has 2 saturated heterocycles. The second kappa shape index (κ2) is 16.5. The average molecular weight is 618 g/mol. The summed E-state index contributed by atoms with van der Waals surface area (Å²) in [7, 11) is 0. The van der Waals surface area contributed by atoms with Gasteiger partial charge in [-0.2, -0.15) is 0 Å². The van der Waals surface area contributed by atoms with Gasteiger partial charge in [-0.15, -0.1) is 0 Å². The summed E-state index contributed by atoms with van der Waals surface area (Å²) in [4.78, 5) is 30.0. The number of piperidine rings is 1. The summed E-state index contributed by atoms with van der Waals surface area (Å²) in [6.07, 6.45) is 17.4. The molecule has 45 heavy (non-hydrogen) atoms. The van der Waals surface area contributed by atoms with Crippen molar-refractivity contribution in [2.75, 3.05) is 39.3 Å². The molecule has 9 heteroatoms. The number of aromatic nitrogens is 4. The minimum atomic E-state index is -0.146. The number of hydrogen-bond donors (Lipinski definition) is 2. The van der Waals surface area contributed by atoms with E-state index in [1.165, 1.54) is 63.8 Å². The molecule has 0 bridgehead atoms. The summed E-state index contributed by atoms with van der Waals surface area (Å²) < 4.78 is 7.42. The number of likely N-dealkylation sites (tertiary alicyclic amines) is 2. The molecular formula is C36H55N7O2. The molecule has 9 nitrogen and oxygen atoms in total. The first-order valence-corrected chi connectivity index (χ1v) is 17.4. The van der Waals surface area contributed by atoms with E-state index in [-0.39, 0.29) is 12.0 Å². The second-order valence-corrected chi connectivity index (χ2v) is 13.2. The number of ether oxygens (including phenoxy) is 1. The Balaban J connectivity index is 1.10. The highest BCUT2D eigenvalue weighted by Gasteiger charge is 2.40. The number of carbonyl (C=O) groups is 1. The number of carbonyl (C=O) groups excluding carboxylic acids is 1. The number of hydrogen-bond acceptors (Lipinski definition) is 7. The quantitative estimate of drug-likeness (QED) is 0.192. The van der Waals surface area contributed by atoms with Crippen LogP contribution < -0.4 is 5.32 Å². The van der Waals surface area contributed by atoms with Crippen LogP contribution >= 0.6 is 0 Å². The maximum Gasteiger partial charge on any atom is 0.306 e. The molecule has 1 atom stereocenters. The van der Waals surface area contributed by atoms with Gasteiger partial charge < -0.3 is 29.4 Å². The molecule has 0 radical (unpaired) electrons. The minimum absolute atomic E-state index is 0.00802. The molecule has 0 aliphatic carbocycles. The van der Waals surface area contributed by atoms with Crippen LogP contribution in [0, 0.1) is 5.41 Å². The van der Waals surface area contributed by atoms with E-state index in [4.69, 9.17) is 9.72 Å². The molecule has 246 valence electrons. The highest BCUT2D eigenvalue weighted by Crippen LogP contribution is 2.41. The van der Waals surface area contributed by atoms with Gasteiger partial charge in [-0.3, -0.25) is 4.79 Å². The van der Waals surface area contributed by atoms with Gasteiger partial charge in [0.1, 0.15) is 11.6 Å². The third-order valence-corrected chi connectivity index (χ3v) is 10.2. The number of H-pyrrole nitrogens is 1. The lowest BCUT2D eigenvalue weighted by Gasteiger charge is -2.42. The van der Waals surface area contributed by atoms with E-state index in [1.807, 2.05) is 25.5 Å². The van der Waals surface area contributed by atoms with Crippen molar-refractivity contribution in [1.82, 2.24) is 34.6 Å². The van der Waals surface area contributed by atoms with Crippen molar-refractivity contribution in [3.05, 3.63) is 71.8 Å². The number of esters is 1. The van der Waals surface area contributed by atoms with Crippen LogP contribution in [0.15, 0.2) is 49.1 Å². The lowest BCUT2D eigenvalue weighted by Crippen LogP contribution is -2.45. The van der Waals surface area contributed by atoms with Gasteiger partial charge >= 0.3 is 5.97 Å². The van der Waals surface area contributed by atoms with Gasteiger partial charge in [-0.1, -0.05) is 38.1 Å². The number of rotatable bonds is 17. The fourth-order valence-electron chi connectivity index (χ4n) is 7.53. The number of nitrogens with one attached hydrogen (secondary N) is 2. The Morgan fingerprint density at radius 2 is 1.84 bits per heavy atom. The first-order valence-electron chi connectivity index (χ1n) is 17.4. The Morgan fingerprint density at radius 3 is 2.60 bits per heavy atom. The minimum Gasteiger partial charge on any atom is -0.466 e. The van der Waals surface area contributed by atoms with Crippen LogP contribution in [-0.2, 0) is 35.5 Å². The predicted molar refractivity (Wildman–Crippen MR) is 179 cm³/mol. The number of aromatic amines is 1. The van der Waals surface area contributed by atoms with Gasteiger partial charge in [0.15, 0.2) is 0 Å². The highest BCUT2D eigenvalue weighted by atomic mass is 16.5. The third kappa shape index (κ3) is 9.27. The third-order valence-electron chi connectivity index (χ3n) is 10.2. The predicted octanol–water partition coefficient (Wildman–Crippen LogP) is 5.54. The zero-order valence-electron chi connectivity index (χ0n) is 27.8. The molecule has 0 amide bonds. The summed E-state index contributed by atoms with van der Waals surface area (Å²) in [5.74, 6) is 1.85. The molecule has 3 aromatic rings. The van der Waals surface area contributed by atoms with Crippen LogP contribution in [-0.4, -0.2) is 80.7 Å². The average Bonchev–Trinajstić information content (AvgIpc) is 3.83. The molecule has 4 heterocycles. The Morgan fingerprint density at radius 1 is 1.04 bits per heavy atom. The number of aryl methyl sites for hydroxylation is 2. The maximum atomic E-state index is 11.8. The van der Waals surface area contributed by atoms with E-state index < -0.39 is 0 Å². The van der Waals surface area contributed by atoms with Crippen LogP contribution in [0.1, 0.15) is 94.5 Å². The topological polar surface area (TPSA) is 91.3 Å². The van der Waals surface area contributed by atoms with Crippen molar-refractivity contribution in [1.29, 1.82) is 0 Å². The van der Waals surface area contributed by atoms with E-state index in [9.17, 15) is 4.79 Å². The molecule has 2 aliphatic rings. The van der Waals surface area contributed by atoms with Crippen molar-refractivity contribution < 1.29 is 9.53 Å². The number of imidazole rings is 2. The van der Waals surface area contributed by atoms with Gasteiger partial charge in [-0.25, -0.2) is 9.97 Å². The van der Waals surface area contributed by atoms with Crippen LogP contribution in [0.5, 0.6) is 0 Å². The van der Waals surface area contributed by atoms with Gasteiger partial charge in [0, 0.05) is 63.3 Å². The van der Waals surface area contributed by atoms with Crippen LogP contribution in [0.25, 0.3) is 0 Å². The molecule has 2 fully saturated rings. The van der Waals surface area contributed by atoms with E-state index in [0.29, 0.717) is 31.4 Å². The summed E-state index contributed by atoms with van der Waals surface area (Å²) in [6, 6.07) is 9.21. The number of nitrogens with zero attached hydrogens (tertiary/aromatic N) is 5. The molecule has 0 saturated carbocycles. The normalized spacial score (nSPS) is 17.8. The first-order chi connectivity index (χ1) is 22.0. The summed E-state index contributed by atoms with van der Waals surface area (Å²) in [5.41, 5.74) is 2.87. The maximum absolute atomic E-state index is 11.8. The molecular weight excluding hydrogens is 562 g/mol. The fourth-order valence-corrected chi connectivity index (χ4v) is 7.53. The van der Waals surface area contributed by atoms with E-state index in [1.54, 1.807) is 0 Å². The molecule has 2 aliphatic heterocycles. The Kier molecular flexibility index (Phi) is 12.2. The van der Waals surface area contributed by atoms with Crippen molar-refractivity contribution in [3.8, 4) is 0 Å². The van der Waals surface area contributed by atoms with Gasteiger partial charge in [0.25, 0.3) is 0 Å². The molecule has 5 rings (SSSR count).